The van der Waals surface area contributed by atoms with Gasteiger partial charge in [0.25, 0.3) is 5.91 Å². The summed E-state index contributed by atoms with van der Waals surface area (Å²) in [4.78, 5) is 82.9. The molecule has 13 nitrogen and oxygen atoms in total. The molecule has 1 unspecified atom stereocenters. The summed E-state index contributed by atoms with van der Waals surface area (Å²) < 4.78 is 11.0. The number of ketones is 1. The maximum Gasteiger partial charge on any atom is 0.408 e. The van der Waals surface area contributed by atoms with E-state index < -0.39 is 70.2 Å². The van der Waals surface area contributed by atoms with Crippen LogP contribution in [0.4, 0.5) is 4.79 Å². The van der Waals surface area contributed by atoms with E-state index in [1.165, 1.54) is 0 Å². The molecule has 4 atom stereocenters. The van der Waals surface area contributed by atoms with Crippen molar-refractivity contribution in [2.45, 2.75) is 149 Å². The number of nitrogens with two attached hydrogens (primary N) is 1. The number of alkyl carbamates (subject to hydrolysis) is 1. The zero-order chi connectivity index (χ0) is 37.1. The Morgan fingerprint density at radius 2 is 1.52 bits per heavy atom. The molecule has 0 aromatic heterocycles. The number of carbonyl (C=O) groups excluding carboxylic acids is 6. The summed E-state index contributed by atoms with van der Waals surface area (Å²) in [6.45, 7) is 16.0. The molecule has 2 aliphatic heterocycles. The number of fused-ring (bicyclic) bond motifs is 1. The van der Waals surface area contributed by atoms with Gasteiger partial charge in [0.05, 0.1) is 6.04 Å². The van der Waals surface area contributed by atoms with Crippen LogP contribution in [0.2, 0.25) is 0 Å². The maximum atomic E-state index is 14.9. The minimum absolute atomic E-state index is 0.00586. The zero-order valence-electron chi connectivity index (χ0n) is 31.3. The SMILES string of the molecule is CC(C)(C)OC(=O)NC1(C(=O)N[C@H](C(=O)N2C[C@]3(C[C@H]2C(=O)NC(CC2CCC2)C(=O)C(N)=O)C(C)(C)C32CCC2)C(C)(C)C)CCOCC1. The average molecular weight is 702 g/mol. The molecule has 3 saturated carbocycles. The molecule has 0 aromatic carbocycles. The van der Waals surface area contributed by atoms with Crippen LogP contribution in [0.1, 0.15) is 120 Å². The van der Waals surface area contributed by atoms with Crippen LogP contribution in [-0.4, -0.2) is 89.4 Å². The standard InChI is InChI=1S/C37H59N5O8/c1-32(2,3)26(40-30(47)35(15-17-49-18-16-35)41-31(48)50-33(4,5)6)29(46)42-21-37(34(7,8)36(37)13-10-14-36)20-24(42)28(45)39-23(25(43)27(38)44)19-22-11-9-12-22/h22-24,26H,9-21H2,1-8H3,(H2,38,44)(H,39,45)(H,40,47)(H,41,48)/t23?,24-,26+,37+/m0/s1. The summed E-state index contributed by atoms with van der Waals surface area (Å²) >= 11 is 0. The first-order valence-corrected chi connectivity index (χ1v) is 18.4. The summed E-state index contributed by atoms with van der Waals surface area (Å²) in [5.74, 6) is -3.14. The highest BCUT2D eigenvalue weighted by atomic mass is 16.6. The van der Waals surface area contributed by atoms with Crippen LogP contribution < -0.4 is 21.7 Å². The summed E-state index contributed by atoms with van der Waals surface area (Å²) in [6.07, 6.45) is 6.35. The number of nitrogens with zero attached hydrogens (tertiary/aromatic N) is 1. The fourth-order valence-electron chi connectivity index (χ4n) is 9.51. The maximum absolute atomic E-state index is 14.9. The van der Waals surface area contributed by atoms with E-state index >= 15 is 0 Å². The van der Waals surface area contributed by atoms with Crippen LogP contribution >= 0.6 is 0 Å². The van der Waals surface area contributed by atoms with Crippen LogP contribution in [0.15, 0.2) is 0 Å². The number of likely N-dealkylation sites (tertiary alicyclic amines) is 1. The van der Waals surface area contributed by atoms with Crippen LogP contribution in [-0.2, 0) is 33.4 Å². The van der Waals surface area contributed by atoms with Crippen LogP contribution in [0.5, 0.6) is 0 Å². The molecule has 2 heterocycles. The third kappa shape index (κ3) is 6.63. The number of nitrogens with one attached hydrogen (secondary N) is 3. The number of ether oxygens (including phenoxy) is 2. The molecule has 13 heteroatoms. The second kappa shape index (κ2) is 13.1. The van der Waals surface area contributed by atoms with E-state index in [1.54, 1.807) is 25.7 Å². The number of Topliss-reactive ketones (excluding diaryl/α,β-unsaturated/α-hetero) is 1. The molecule has 5 rings (SSSR count). The van der Waals surface area contributed by atoms with Crippen molar-refractivity contribution in [1.29, 1.82) is 0 Å². The summed E-state index contributed by atoms with van der Waals surface area (Å²) in [5, 5.41) is 8.65. The second-order valence-electron chi connectivity index (χ2n) is 18.2. The molecular formula is C37H59N5O8. The van der Waals surface area contributed by atoms with Gasteiger partial charge in [0.1, 0.15) is 23.2 Å². The van der Waals surface area contributed by atoms with E-state index in [2.05, 4.69) is 29.8 Å². The van der Waals surface area contributed by atoms with Crippen LogP contribution in [0.25, 0.3) is 0 Å². The molecule has 5 amide bonds. The normalized spacial score (nSPS) is 27.7. The summed E-state index contributed by atoms with van der Waals surface area (Å²) in [6, 6.07) is -3.03. The van der Waals surface area contributed by atoms with E-state index in [0.29, 0.717) is 19.4 Å². The molecule has 5 aliphatic rings. The molecular weight excluding hydrogens is 642 g/mol. The first-order chi connectivity index (χ1) is 23.1. The molecule has 5 N–H and O–H groups in total. The topological polar surface area (TPSA) is 186 Å². The Labute approximate surface area is 296 Å². The smallest absolute Gasteiger partial charge is 0.408 e. The van der Waals surface area contributed by atoms with Crippen molar-refractivity contribution < 1.29 is 38.2 Å². The van der Waals surface area contributed by atoms with Crippen LogP contribution in [0.3, 0.4) is 0 Å². The highest BCUT2D eigenvalue weighted by Crippen LogP contribution is 2.88. The van der Waals surface area contributed by atoms with Crippen molar-refractivity contribution in [3.63, 3.8) is 0 Å². The molecule has 0 aromatic rings. The lowest BCUT2D eigenvalue weighted by atomic mass is 9.73. The predicted molar refractivity (Wildman–Crippen MR) is 184 cm³/mol. The Morgan fingerprint density at radius 3 is 1.98 bits per heavy atom. The first kappa shape index (κ1) is 38.0. The van der Waals surface area contributed by atoms with Gasteiger partial charge in [-0.3, -0.25) is 24.0 Å². The van der Waals surface area contributed by atoms with Gasteiger partial charge in [-0.05, 0) is 68.6 Å². The van der Waals surface area contributed by atoms with Crippen molar-refractivity contribution in [3.05, 3.63) is 0 Å². The van der Waals surface area contributed by atoms with Crippen molar-refractivity contribution in [3.8, 4) is 0 Å². The zero-order valence-corrected chi connectivity index (χ0v) is 31.3. The largest absolute Gasteiger partial charge is 0.444 e. The summed E-state index contributed by atoms with van der Waals surface area (Å²) in [7, 11) is 0. The number of hydrogen-bond donors (Lipinski definition) is 4. The third-order valence-electron chi connectivity index (χ3n) is 13.0. The number of carbonyl (C=O) groups is 6. The van der Waals surface area contributed by atoms with Gasteiger partial charge >= 0.3 is 6.09 Å². The van der Waals surface area contributed by atoms with Crippen molar-refractivity contribution in [2.24, 2.45) is 33.3 Å². The highest BCUT2D eigenvalue weighted by molar-refractivity contribution is 6.37. The number of hydrogen-bond acceptors (Lipinski definition) is 8. The lowest BCUT2D eigenvalue weighted by Gasteiger charge is -2.41. The van der Waals surface area contributed by atoms with E-state index in [1.807, 2.05) is 20.8 Å². The van der Waals surface area contributed by atoms with Gasteiger partial charge in [-0.15, -0.1) is 0 Å². The lowest BCUT2D eigenvalue weighted by molar-refractivity contribution is -0.146. The van der Waals surface area contributed by atoms with E-state index in [4.69, 9.17) is 15.2 Å². The quantitative estimate of drug-likeness (QED) is 0.250. The Bertz CT molecular complexity index is 1400. The van der Waals surface area contributed by atoms with Crippen molar-refractivity contribution in [1.82, 2.24) is 20.9 Å². The Balaban J connectivity index is 1.44. The molecule has 2 spiro atoms. The van der Waals surface area contributed by atoms with E-state index in [0.717, 1.165) is 38.5 Å². The Morgan fingerprint density at radius 1 is 0.900 bits per heavy atom. The van der Waals surface area contributed by atoms with E-state index in [-0.39, 0.29) is 48.2 Å². The van der Waals surface area contributed by atoms with Crippen molar-refractivity contribution in [2.75, 3.05) is 19.8 Å². The Kier molecular flexibility index (Phi) is 9.95. The van der Waals surface area contributed by atoms with Gasteiger partial charge in [0.2, 0.25) is 23.5 Å². The number of rotatable bonds is 10. The average Bonchev–Trinajstić information content (AvgIpc) is 3.18. The minimum Gasteiger partial charge on any atom is -0.444 e. The van der Waals surface area contributed by atoms with Crippen LogP contribution in [0, 0.1) is 27.6 Å². The molecule has 0 radical (unpaired) electrons. The van der Waals surface area contributed by atoms with Gasteiger partial charge in [0.15, 0.2) is 0 Å². The van der Waals surface area contributed by atoms with Gasteiger partial charge in [-0.2, -0.15) is 0 Å². The number of primary amides is 1. The fraction of sp³-hybridized carbons (Fsp3) is 0.838. The Hall–Kier alpha value is -3.22. The molecule has 3 aliphatic carbocycles. The lowest BCUT2D eigenvalue weighted by Crippen LogP contribution is -2.66. The van der Waals surface area contributed by atoms with E-state index in [9.17, 15) is 28.8 Å². The van der Waals surface area contributed by atoms with Crippen molar-refractivity contribution >= 4 is 35.5 Å². The molecule has 5 fully saturated rings. The molecule has 0 bridgehead atoms. The monoisotopic (exact) mass is 701 g/mol. The first-order valence-electron chi connectivity index (χ1n) is 18.4. The number of amides is 5. The van der Waals surface area contributed by atoms with Gasteiger partial charge in [-0.25, -0.2) is 4.79 Å². The fourth-order valence-corrected chi connectivity index (χ4v) is 9.51. The summed E-state index contributed by atoms with van der Waals surface area (Å²) in [5.41, 5.74) is 2.04. The predicted octanol–water partition coefficient (Wildman–Crippen LogP) is 3.12. The van der Waals surface area contributed by atoms with Gasteiger partial charge in [0, 0.05) is 38.0 Å². The molecule has 50 heavy (non-hydrogen) atoms. The van der Waals surface area contributed by atoms with Gasteiger partial charge < -0.3 is 36.1 Å². The molecule has 2 saturated heterocycles. The third-order valence-corrected chi connectivity index (χ3v) is 13.0. The highest BCUT2D eigenvalue weighted by Gasteiger charge is 2.85. The second-order valence-corrected chi connectivity index (χ2v) is 18.2. The minimum atomic E-state index is -1.37. The molecule has 280 valence electrons. The van der Waals surface area contributed by atoms with Gasteiger partial charge in [-0.1, -0.05) is 60.3 Å².